The number of hydrogen-bond donors (Lipinski definition) is 2. The van der Waals surface area contributed by atoms with Crippen molar-refractivity contribution >= 4 is 16.7 Å². The molecular formula is C17H25N3O. The Balaban J connectivity index is 2.13. The lowest BCUT2D eigenvalue weighted by Gasteiger charge is -2.35. The molecule has 1 aliphatic rings. The third-order valence-corrected chi connectivity index (χ3v) is 4.83. The van der Waals surface area contributed by atoms with Crippen molar-refractivity contribution in [1.29, 1.82) is 0 Å². The van der Waals surface area contributed by atoms with Crippen molar-refractivity contribution in [2.24, 2.45) is 11.8 Å². The maximum atomic E-state index is 10.1. The number of nitrogens with two attached hydrogens (primary N) is 1. The highest BCUT2D eigenvalue weighted by Crippen LogP contribution is 2.40. The second-order valence-electron chi connectivity index (χ2n) is 6.73. The van der Waals surface area contributed by atoms with Crippen LogP contribution in [0.2, 0.25) is 0 Å². The average Bonchev–Trinajstić information content (AvgIpc) is 2.77. The molecule has 0 amide bonds. The van der Waals surface area contributed by atoms with E-state index in [-0.39, 0.29) is 0 Å². The molecule has 1 aromatic carbocycles. The van der Waals surface area contributed by atoms with Crippen LogP contribution in [0.1, 0.15) is 58.0 Å². The summed E-state index contributed by atoms with van der Waals surface area (Å²) in [7, 11) is 0. The van der Waals surface area contributed by atoms with Gasteiger partial charge in [-0.2, -0.15) is 0 Å². The summed E-state index contributed by atoms with van der Waals surface area (Å²) in [4.78, 5) is 4.63. The first-order valence-electron chi connectivity index (χ1n) is 7.92. The van der Waals surface area contributed by atoms with Crippen LogP contribution < -0.4 is 5.73 Å². The van der Waals surface area contributed by atoms with Gasteiger partial charge in [0.1, 0.15) is 11.9 Å². The van der Waals surface area contributed by atoms with Crippen LogP contribution >= 0.6 is 0 Å². The van der Waals surface area contributed by atoms with Crippen LogP contribution in [-0.4, -0.2) is 14.7 Å². The van der Waals surface area contributed by atoms with E-state index in [9.17, 15) is 5.11 Å². The van der Waals surface area contributed by atoms with Gasteiger partial charge in [-0.05, 0) is 56.2 Å². The predicted octanol–water partition coefficient (Wildman–Crippen LogP) is 3.67. The fourth-order valence-electron chi connectivity index (χ4n) is 3.81. The monoisotopic (exact) mass is 287 g/mol. The van der Waals surface area contributed by atoms with Gasteiger partial charge in [0.15, 0.2) is 0 Å². The summed E-state index contributed by atoms with van der Waals surface area (Å²) in [6, 6.07) is 6.27. The number of nitrogen functional groups attached to an aromatic ring is 1. The summed E-state index contributed by atoms with van der Waals surface area (Å²) >= 11 is 0. The number of nitrogens with zero attached hydrogens (tertiary/aromatic N) is 2. The predicted molar refractivity (Wildman–Crippen MR) is 86.0 cm³/mol. The molecule has 0 saturated heterocycles. The van der Waals surface area contributed by atoms with E-state index >= 15 is 0 Å². The normalized spacial score (nSPS) is 27.9. The van der Waals surface area contributed by atoms with Crippen LogP contribution in [0.3, 0.4) is 0 Å². The molecule has 114 valence electrons. The van der Waals surface area contributed by atoms with Gasteiger partial charge >= 0.3 is 0 Å². The molecule has 0 spiro atoms. The quantitative estimate of drug-likeness (QED) is 0.828. The van der Waals surface area contributed by atoms with E-state index in [1.54, 1.807) is 6.92 Å². The smallest absolute Gasteiger partial charge is 0.138 e. The number of aromatic nitrogens is 2. The summed E-state index contributed by atoms with van der Waals surface area (Å²) in [5.41, 5.74) is 8.56. The first-order valence-corrected chi connectivity index (χ1v) is 7.92. The van der Waals surface area contributed by atoms with Crippen LogP contribution in [-0.2, 0) is 0 Å². The highest BCUT2D eigenvalue weighted by molar-refractivity contribution is 5.80. The SMILES string of the molecule is CC1CCC(n2c(C(C)O)nc3cc(N)ccc32)C(C)C1. The van der Waals surface area contributed by atoms with Crippen LogP contribution in [0.15, 0.2) is 18.2 Å². The number of hydrogen-bond acceptors (Lipinski definition) is 3. The number of benzene rings is 1. The Kier molecular flexibility index (Phi) is 3.66. The Morgan fingerprint density at radius 3 is 2.76 bits per heavy atom. The Labute approximate surface area is 126 Å². The molecule has 4 nitrogen and oxygen atoms in total. The van der Waals surface area contributed by atoms with E-state index in [1.807, 2.05) is 18.2 Å². The highest BCUT2D eigenvalue weighted by Gasteiger charge is 2.30. The lowest BCUT2D eigenvalue weighted by atomic mass is 9.79. The van der Waals surface area contributed by atoms with Crippen molar-refractivity contribution in [2.75, 3.05) is 5.73 Å². The van der Waals surface area contributed by atoms with Gasteiger partial charge in [0.25, 0.3) is 0 Å². The minimum absolute atomic E-state index is 0.416. The van der Waals surface area contributed by atoms with E-state index in [0.29, 0.717) is 12.0 Å². The van der Waals surface area contributed by atoms with Crippen molar-refractivity contribution in [3.05, 3.63) is 24.0 Å². The molecule has 1 heterocycles. The molecule has 4 atom stereocenters. The van der Waals surface area contributed by atoms with E-state index in [2.05, 4.69) is 23.4 Å². The van der Waals surface area contributed by atoms with Crippen molar-refractivity contribution in [3.63, 3.8) is 0 Å². The van der Waals surface area contributed by atoms with Gasteiger partial charge in [0, 0.05) is 11.7 Å². The Hall–Kier alpha value is -1.55. The summed E-state index contributed by atoms with van der Waals surface area (Å²) in [6.07, 6.45) is 3.06. The van der Waals surface area contributed by atoms with Crippen molar-refractivity contribution in [1.82, 2.24) is 9.55 Å². The molecule has 1 fully saturated rings. The molecule has 21 heavy (non-hydrogen) atoms. The molecule has 2 aromatic rings. The zero-order valence-electron chi connectivity index (χ0n) is 13.1. The summed E-state index contributed by atoms with van der Waals surface area (Å²) < 4.78 is 2.26. The second kappa shape index (κ2) is 5.34. The van der Waals surface area contributed by atoms with Gasteiger partial charge in [-0.1, -0.05) is 13.8 Å². The van der Waals surface area contributed by atoms with Crippen molar-refractivity contribution < 1.29 is 5.11 Å². The molecule has 0 radical (unpaired) electrons. The summed E-state index contributed by atoms with van der Waals surface area (Å²) in [5, 5.41) is 10.1. The lowest BCUT2D eigenvalue weighted by molar-refractivity contribution is 0.161. The van der Waals surface area contributed by atoms with Gasteiger partial charge in [-0.3, -0.25) is 0 Å². The largest absolute Gasteiger partial charge is 0.399 e. The fourth-order valence-corrected chi connectivity index (χ4v) is 3.81. The molecular weight excluding hydrogens is 262 g/mol. The Morgan fingerprint density at radius 2 is 2.10 bits per heavy atom. The molecule has 3 N–H and O–H groups in total. The second-order valence-corrected chi connectivity index (χ2v) is 6.73. The topological polar surface area (TPSA) is 64.1 Å². The van der Waals surface area contributed by atoms with Gasteiger partial charge in [0.05, 0.1) is 11.0 Å². The maximum absolute atomic E-state index is 10.1. The fraction of sp³-hybridized carbons (Fsp3) is 0.588. The van der Waals surface area contributed by atoms with E-state index < -0.39 is 6.10 Å². The molecule has 3 rings (SSSR count). The van der Waals surface area contributed by atoms with Crippen LogP contribution in [0.25, 0.3) is 11.0 Å². The van der Waals surface area contributed by atoms with Gasteiger partial charge in [-0.25, -0.2) is 4.98 Å². The molecule has 1 aromatic heterocycles. The third-order valence-electron chi connectivity index (χ3n) is 4.83. The van der Waals surface area contributed by atoms with Crippen LogP contribution in [0, 0.1) is 11.8 Å². The van der Waals surface area contributed by atoms with Gasteiger partial charge in [-0.15, -0.1) is 0 Å². The minimum atomic E-state index is -0.565. The maximum Gasteiger partial charge on any atom is 0.138 e. The summed E-state index contributed by atoms with van der Waals surface area (Å²) in [6.45, 7) is 6.43. The van der Waals surface area contributed by atoms with Crippen molar-refractivity contribution in [2.45, 2.75) is 52.2 Å². The van der Waals surface area contributed by atoms with Crippen LogP contribution in [0.5, 0.6) is 0 Å². The minimum Gasteiger partial charge on any atom is -0.399 e. The van der Waals surface area contributed by atoms with Gasteiger partial charge in [0.2, 0.25) is 0 Å². The Morgan fingerprint density at radius 1 is 1.33 bits per heavy atom. The first-order chi connectivity index (χ1) is 9.97. The molecule has 0 aliphatic heterocycles. The molecule has 1 aliphatic carbocycles. The number of anilines is 1. The zero-order valence-corrected chi connectivity index (χ0v) is 13.1. The van der Waals surface area contributed by atoms with Gasteiger partial charge < -0.3 is 15.4 Å². The first kappa shape index (κ1) is 14.4. The summed E-state index contributed by atoms with van der Waals surface area (Å²) in [5.74, 6) is 2.15. The number of aliphatic hydroxyl groups is 1. The zero-order chi connectivity index (χ0) is 15.1. The third kappa shape index (κ3) is 2.53. The molecule has 1 saturated carbocycles. The number of imidazole rings is 1. The van der Waals surface area contributed by atoms with Crippen LogP contribution in [0.4, 0.5) is 5.69 Å². The average molecular weight is 287 g/mol. The van der Waals surface area contributed by atoms with Crippen molar-refractivity contribution in [3.8, 4) is 0 Å². The number of rotatable bonds is 2. The molecule has 4 unspecified atom stereocenters. The van der Waals surface area contributed by atoms with E-state index in [1.165, 1.54) is 12.8 Å². The number of fused-ring (bicyclic) bond motifs is 1. The molecule has 4 heteroatoms. The Bertz CT molecular complexity index is 647. The lowest BCUT2D eigenvalue weighted by Crippen LogP contribution is -2.26. The van der Waals surface area contributed by atoms with E-state index in [4.69, 9.17) is 5.73 Å². The molecule has 0 bridgehead atoms. The number of aliphatic hydroxyl groups excluding tert-OH is 1. The highest BCUT2D eigenvalue weighted by atomic mass is 16.3. The standard InChI is InChI=1S/C17H25N3O/c1-10-4-6-15(11(2)8-10)20-16-7-5-13(18)9-14(16)19-17(20)12(3)21/h5,7,9-12,15,21H,4,6,8,18H2,1-3H3. The van der Waals surface area contributed by atoms with E-state index in [0.717, 1.165) is 34.9 Å².